The molecule has 0 aliphatic rings. The van der Waals surface area contributed by atoms with Gasteiger partial charge >= 0.3 is 0 Å². The van der Waals surface area contributed by atoms with E-state index in [2.05, 4.69) is 17.2 Å². The Labute approximate surface area is 101 Å². The number of nitrogens with one attached hydrogen (secondary N) is 1. The first-order valence-electron chi connectivity index (χ1n) is 6.04. The van der Waals surface area contributed by atoms with Crippen LogP contribution in [0.4, 0.5) is 5.69 Å². The minimum Gasteiger partial charge on any atom is -0.441 e. The molecule has 92 valence electrons. The third-order valence-corrected chi connectivity index (χ3v) is 3.00. The van der Waals surface area contributed by atoms with Crippen LogP contribution in [0.25, 0.3) is 11.1 Å². The van der Waals surface area contributed by atoms with Gasteiger partial charge in [0.25, 0.3) is 0 Å². The number of hydrogen-bond donors (Lipinski definition) is 2. The molecule has 1 heterocycles. The molecular formula is C13H19N3O. The predicted octanol–water partition coefficient (Wildman–Crippen LogP) is 2.53. The average molecular weight is 233 g/mol. The van der Waals surface area contributed by atoms with Crippen molar-refractivity contribution < 1.29 is 4.42 Å². The monoisotopic (exact) mass is 233 g/mol. The van der Waals surface area contributed by atoms with Crippen molar-refractivity contribution in [3.63, 3.8) is 0 Å². The van der Waals surface area contributed by atoms with Crippen LogP contribution in [0.3, 0.4) is 0 Å². The number of rotatable bonds is 5. The van der Waals surface area contributed by atoms with Crippen LogP contribution in [0.15, 0.2) is 22.6 Å². The van der Waals surface area contributed by atoms with E-state index in [1.54, 1.807) is 0 Å². The summed E-state index contributed by atoms with van der Waals surface area (Å²) in [6.07, 6.45) is 1.09. The van der Waals surface area contributed by atoms with Gasteiger partial charge in [0.2, 0.25) is 0 Å². The van der Waals surface area contributed by atoms with Gasteiger partial charge in [0, 0.05) is 25.2 Å². The number of anilines is 1. The molecule has 0 radical (unpaired) electrons. The van der Waals surface area contributed by atoms with Gasteiger partial charge in [-0.05, 0) is 24.6 Å². The summed E-state index contributed by atoms with van der Waals surface area (Å²) < 4.78 is 5.49. The normalized spacial score (nSPS) is 12.9. The summed E-state index contributed by atoms with van der Waals surface area (Å²) in [4.78, 5) is 4.27. The van der Waals surface area contributed by atoms with Crippen molar-refractivity contribution in [1.82, 2.24) is 4.98 Å². The number of hydrogen-bond acceptors (Lipinski definition) is 4. The molecule has 1 aromatic carbocycles. The lowest BCUT2D eigenvalue weighted by molar-refractivity contribution is 0.548. The van der Waals surface area contributed by atoms with Gasteiger partial charge in [-0.2, -0.15) is 0 Å². The Morgan fingerprint density at radius 3 is 3.00 bits per heavy atom. The molecule has 0 amide bonds. The van der Waals surface area contributed by atoms with E-state index in [9.17, 15) is 0 Å². The highest BCUT2D eigenvalue weighted by Gasteiger charge is 2.05. The zero-order chi connectivity index (χ0) is 12.3. The van der Waals surface area contributed by atoms with Gasteiger partial charge in [0.15, 0.2) is 11.5 Å². The van der Waals surface area contributed by atoms with Gasteiger partial charge in [-0.3, -0.25) is 0 Å². The van der Waals surface area contributed by atoms with Crippen LogP contribution >= 0.6 is 0 Å². The van der Waals surface area contributed by atoms with Crippen molar-refractivity contribution in [2.45, 2.75) is 20.3 Å². The SMILES string of the molecule is CCC(CN)CNc1ccc2nc(C)oc2c1. The smallest absolute Gasteiger partial charge is 0.192 e. The Balaban J connectivity index is 2.08. The molecule has 0 spiro atoms. The van der Waals surface area contributed by atoms with Gasteiger partial charge in [-0.25, -0.2) is 4.98 Å². The summed E-state index contributed by atoms with van der Waals surface area (Å²) in [5.41, 5.74) is 8.46. The highest BCUT2D eigenvalue weighted by Crippen LogP contribution is 2.20. The van der Waals surface area contributed by atoms with Gasteiger partial charge in [0.1, 0.15) is 5.52 Å². The van der Waals surface area contributed by atoms with Crippen LogP contribution < -0.4 is 11.1 Å². The third-order valence-electron chi connectivity index (χ3n) is 3.00. The summed E-state index contributed by atoms with van der Waals surface area (Å²) in [5.74, 6) is 1.22. The average Bonchev–Trinajstić information content (AvgIpc) is 2.69. The number of aromatic nitrogens is 1. The molecule has 4 heteroatoms. The Morgan fingerprint density at radius 1 is 1.47 bits per heavy atom. The number of benzene rings is 1. The number of nitrogens with two attached hydrogens (primary N) is 1. The molecular weight excluding hydrogens is 214 g/mol. The second-order valence-electron chi connectivity index (χ2n) is 4.31. The van der Waals surface area contributed by atoms with Crippen LogP contribution in [0.2, 0.25) is 0 Å². The summed E-state index contributed by atoms with van der Waals surface area (Å²) in [7, 11) is 0. The standard InChI is InChI=1S/C13H19N3O/c1-3-10(7-14)8-15-11-4-5-12-13(6-11)17-9(2)16-12/h4-6,10,15H,3,7-8,14H2,1-2H3. The molecule has 1 atom stereocenters. The maximum atomic E-state index is 5.67. The Hall–Kier alpha value is -1.55. The van der Waals surface area contributed by atoms with Crippen LogP contribution in [0.1, 0.15) is 19.2 Å². The molecule has 0 saturated heterocycles. The fraction of sp³-hybridized carbons (Fsp3) is 0.462. The van der Waals surface area contributed by atoms with E-state index < -0.39 is 0 Å². The lowest BCUT2D eigenvalue weighted by Gasteiger charge is -2.13. The van der Waals surface area contributed by atoms with Crippen molar-refractivity contribution in [1.29, 1.82) is 0 Å². The highest BCUT2D eigenvalue weighted by atomic mass is 16.3. The number of fused-ring (bicyclic) bond motifs is 1. The van der Waals surface area contributed by atoms with Gasteiger partial charge in [0.05, 0.1) is 0 Å². The number of aryl methyl sites for hydroxylation is 1. The van der Waals surface area contributed by atoms with Crippen molar-refractivity contribution in [3.05, 3.63) is 24.1 Å². The second-order valence-corrected chi connectivity index (χ2v) is 4.31. The van der Waals surface area contributed by atoms with E-state index in [1.165, 1.54) is 0 Å². The van der Waals surface area contributed by atoms with Crippen LogP contribution in [0, 0.1) is 12.8 Å². The van der Waals surface area contributed by atoms with Crippen LogP contribution in [-0.4, -0.2) is 18.1 Å². The van der Waals surface area contributed by atoms with Crippen LogP contribution in [0.5, 0.6) is 0 Å². The lowest BCUT2D eigenvalue weighted by Crippen LogP contribution is -2.21. The molecule has 0 fully saturated rings. The molecule has 1 aromatic heterocycles. The molecule has 4 nitrogen and oxygen atoms in total. The van der Waals surface area contributed by atoms with Gasteiger partial charge in [-0.1, -0.05) is 13.3 Å². The minimum atomic E-state index is 0.516. The molecule has 0 saturated carbocycles. The number of oxazole rings is 1. The van der Waals surface area contributed by atoms with Crippen LogP contribution in [-0.2, 0) is 0 Å². The van der Waals surface area contributed by atoms with Crippen molar-refractivity contribution in [2.24, 2.45) is 11.7 Å². The fourth-order valence-corrected chi connectivity index (χ4v) is 1.81. The molecule has 3 N–H and O–H groups in total. The Morgan fingerprint density at radius 2 is 2.29 bits per heavy atom. The first-order valence-corrected chi connectivity index (χ1v) is 6.04. The predicted molar refractivity (Wildman–Crippen MR) is 70.1 cm³/mol. The fourth-order valence-electron chi connectivity index (χ4n) is 1.81. The quantitative estimate of drug-likeness (QED) is 0.833. The largest absolute Gasteiger partial charge is 0.441 e. The summed E-state index contributed by atoms with van der Waals surface area (Å²) >= 11 is 0. The lowest BCUT2D eigenvalue weighted by atomic mass is 10.1. The first kappa shape index (κ1) is 11.9. The van der Waals surface area contributed by atoms with E-state index in [1.807, 2.05) is 25.1 Å². The van der Waals surface area contributed by atoms with Crippen molar-refractivity contribution in [2.75, 3.05) is 18.4 Å². The first-order chi connectivity index (χ1) is 8.22. The molecule has 0 aliphatic heterocycles. The molecule has 2 aromatic rings. The molecule has 0 bridgehead atoms. The summed E-state index contributed by atoms with van der Waals surface area (Å²) in [5, 5.41) is 3.38. The van der Waals surface area contributed by atoms with Crippen molar-refractivity contribution >= 4 is 16.8 Å². The van der Waals surface area contributed by atoms with Gasteiger partial charge in [-0.15, -0.1) is 0 Å². The van der Waals surface area contributed by atoms with E-state index in [0.717, 1.165) is 29.8 Å². The summed E-state index contributed by atoms with van der Waals surface area (Å²) in [6, 6.07) is 5.98. The zero-order valence-electron chi connectivity index (χ0n) is 10.4. The Bertz CT molecular complexity index is 488. The maximum Gasteiger partial charge on any atom is 0.192 e. The number of nitrogens with zero attached hydrogens (tertiary/aromatic N) is 1. The van der Waals surface area contributed by atoms with Crippen molar-refractivity contribution in [3.8, 4) is 0 Å². The third kappa shape index (κ3) is 2.77. The van der Waals surface area contributed by atoms with E-state index in [0.29, 0.717) is 18.4 Å². The van der Waals surface area contributed by atoms with E-state index in [-0.39, 0.29) is 0 Å². The van der Waals surface area contributed by atoms with E-state index >= 15 is 0 Å². The molecule has 2 rings (SSSR count). The topological polar surface area (TPSA) is 64.1 Å². The minimum absolute atomic E-state index is 0.516. The molecule has 17 heavy (non-hydrogen) atoms. The highest BCUT2D eigenvalue weighted by molar-refractivity contribution is 5.77. The summed E-state index contributed by atoms with van der Waals surface area (Å²) in [6.45, 7) is 5.62. The Kier molecular flexibility index (Phi) is 3.64. The zero-order valence-corrected chi connectivity index (χ0v) is 10.4. The second kappa shape index (κ2) is 5.19. The molecule has 0 aliphatic carbocycles. The maximum absolute atomic E-state index is 5.67. The molecule has 1 unspecified atom stereocenters. The van der Waals surface area contributed by atoms with E-state index in [4.69, 9.17) is 10.2 Å². The van der Waals surface area contributed by atoms with Gasteiger partial charge < -0.3 is 15.5 Å².